The average molecular weight is 1860 g/mol. The molecule has 0 aliphatic heterocycles. The molecule has 0 saturated carbocycles. The summed E-state index contributed by atoms with van der Waals surface area (Å²) in [7, 11) is 14.8. The van der Waals surface area contributed by atoms with Gasteiger partial charge in [-0.15, -0.1) is 0 Å². The van der Waals surface area contributed by atoms with Gasteiger partial charge in [0.1, 0.15) is 6.10 Å². The minimum Gasteiger partial charge on any atom is -0.469 e. The molecule has 0 radical (unpaired) electrons. The lowest BCUT2D eigenvalue weighted by atomic mass is 9.90. The van der Waals surface area contributed by atoms with E-state index in [1.807, 2.05) is 55.4 Å². The SMILES string of the molecule is C=CC(=O)N(C)CCCC(=O)OC.C=CC(=O)N(C)CCCC(=O)OC(C)C.C=CC(=O)N(C)CCCC(=O)OC(C)C.C=CC(=O)N(C)CCCC(=O)OC(CCC)C(CC)CCCC.C=CC(=O)N(C)CCCC(=O)OCC(C)C.C=CC(=O)N(C)CCCC(=O)OCCC.C=CC(=O)N(C)CCCC(=O)OCCCC.C=CC(=O)N(C)CCCC(=O)OCCCCCC. The minimum absolute atomic E-state index is 0.0385. The number of hydrogen-bond donors (Lipinski definition) is 0. The van der Waals surface area contributed by atoms with E-state index in [9.17, 15) is 76.7 Å². The molecule has 0 aromatic rings. The molecule has 0 heterocycles. The molecule has 0 aliphatic carbocycles. The fourth-order valence-corrected chi connectivity index (χ4v) is 10.4. The molecule has 0 spiro atoms. The standard InChI is InChI=1S/C19H35NO3.C14H25NO3.2C12H21NO3.3C11H19NO3.C9H15NO3/c1-6-10-13-16(8-3)17(12-7-2)23-19(22)14-11-15-20(5)18(21)9-4;1-4-6-7-8-12-18-14(17)10-9-11-15(3)13(16)5-2;1-5-11(14)13(4)8-6-7-12(15)16-9-10(2)3;1-4-6-10-16-12(15)8-7-9-13(3)11(14)5-2;2*1-5-10(13)12(4)8-6-7-11(14)15-9(2)3;1-4-9-15-11(14)7-6-8-12(3)10(13)5-2;1-4-8(11)10(2)7-5-6-9(12)13-3/h9,16-17H,4,6-8,10-15H2,1-3,5H3;5H,2,4,6-12H2,1,3H3;5,10H,1,6-9H2,2-4H3;5H,2,4,6-10H2,1,3H3;2*5,9H,1,6-8H2,2-4H3;5H,2,4,6-9H2,1,3H3;4H,1,5-7H2,2-3H3. The maximum absolute atomic E-state index is 12.1. The summed E-state index contributed by atoms with van der Waals surface area (Å²) in [4.78, 5) is 191. The number of nitrogens with zero attached hydrogens (tertiary/aromatic N) is 8. The van der Waals surface area contributed by atoms with E-state index in [1.165, 1.54) is 111 Å². The molecule has 754 valence electrons. The largest absolute Gasteiger partial charge is 0.469 e. The van der Waals surface area contributed by atoms with Gasteiger partial charge < -0.3 is 77.1 Å². The van der Waals surface area contributed by atoms with Gasteiger partial charge in [0.05, 0.1) is 45.7 Å². The lowest BCUT2D eigenvalue weighted by Gasteiger charge is -2.26. The molecular formula is C99H174N8O24. The van der Waals surface area contributed by atoms with E-state index < -0.39 is 0 Å². The normalized spacial score (nSPS) is 10.3. The summed E-state index contributed by atoms with van der Waals surface area (Å²) in [5.41, 5.74) is 0. The molecule has 0 rings (SSSR count). The molecule has 32 nitrogen and oxygen atoms in total. The molecule has 2 unspecified atom stereocenters. The van der Waals surface area contributed by atoms with Crippen LogP contribution in [0.15, 0.2) is 101 Å². The minimum atomic E-state index is -0.251. The van der Waals surface area contributed by atoms with Gasteiger partial charge >= 0.3 is 47.8 Å². The van der Waals surface area contributed by atoms with Crippen LogP contribution in [0.4, 0.5) is 0 Å². The van der Waals surface area contributed by atoms with Crippen LogP contribution in [0.3, 0.4) is 0 Å². The highest BCUT2D eigenvalue weighted by Crippen LogP contribution is 2.24. The van der Waals surface area contributed by atoms with Crippen molar-refractivity contribution in [2.24, 2.45) is 11.8 Å². The summed E-state index contributed by atoms with van der Waals surface area (Å²) in [6, 6.07) is 0. The molecule has 131 heavy (non-hydrogen) atoms. The summed E-state index contributed by atoms with van der Waals surface area (Å²) < 4.78 is 40.1. The lowest BCUT2D eigenvalue weighted by molar-refractivity contribution is -0.153. The van der Waals surface area contributed by atoms with E-state index in [-0.39, 0.29) is 113 Å². The summed E-state index contributed by atoms with van der Waals surface area (Å²) >= 11 is 0. The second kappa shape index (κ2) is 94.1. The Labute approximate surface area is 788 Å². The van der Waals surface area contributed by atoms with Gasteiger partial charge in [-0.25, -0.2) is 0 Å². The van der Waals surface area contributed by atoms with Crippen LogP contribution in [-0.2, 0) is 115 Å². The van der Waals surface area contributed by atoms with E-state index in [0.29, 0.717) is 193 Å². The molecule has 0 aromatic heterocycles. The monoisotopic (exact) mass is 1860 g/mol. The van der Waals surface area contributed by atoms with Gasteiger partial charge in [-0.3, -0.25) is 76.7 Å². The van der Waals surface area contributed by atoms with Crippen LogP contribution in [0.1, 0.15) is 269 Å². The van der Waals surface area contributed by atoms with Crippen molar-refractivity contribution in [1.82, 2.24) is 39.2 Å². The van der Waals surface area contributed by atoms with Crippen LogP contribution in [0, 0.1) is 11.8 Å². The van der Waals surface area contributed by atoms with Crippen molar-refractivity contribution >= 4 is 95.0 Å². The Bertz CT molecular complexity index is 3200. The van der Waals surface area contributed by atoms with Gasteiger partial charge in [-0.1, -0.05) is 153 Å². The van der Waals surface area contributed by atoms with Crippen LogP contribution >= 0.6 is 0 Å². The Balaban J connectivity index is -0.000000221. The zero-order valence-electron chi connectivity index (χ0n) is 84.5. The number of likely N-dealkylation sites (N-methyl/N-ethyl adjacent to an activating group) is 8. The topological polar surface area (TPSA) is 373 Å². The van der Waals surface area contributed by atoms with E-state index in [1.54, 1.807) is 66.2 Å². The van der Waals surface area contributed by atoms with E-state index in [4.69, 9.17) is 33.2 Å². The third-order valence-electron chi connectivity index (χ3n) is 18.3. The third kappa shape index (κ3) is 92.5. The van der Waals surface area contributed by atoms with E-state index in [0.717, 1.165) is 57.8 Å². The van der Waals surface area contributed by atoms with Gasteiger partial charge in [0.15, 0.2) is 0 Å². The Kier molecular flexibility index (Phi) is 97.6. The van der Waals surface area contributed by atoms with Crippen molar-refractivity contribution < 1.29 is 115 Å². The smallest absolute Gasteiger partial charge is 0.306 e. The Morgan fingerprint density at radius 3 is 0.733 bits per heavy atom. The van der Waals surface area contributed by atoms with Gasteiger partial charge in [0.2, 0.25) is 47.3 Å². The second-order valence-corrected chi connectivity index (χ2v) is 31.5. The molecule has 0 N–H and O–H groups in total. The van der Waals surface area contributed by atoms with E-state index in [2.05, 4.69) is 85.1 Å². The number of methoxy groups -OCH3 is 1. The van der Waals surface area contributed by atoms with Crippen molar-refractivity contribution in [3.05, 3.63) is 101 Å². The van der Waals surface area contributed by atoms with Gasteiger partial charge in [-0.05, 0) is 178 Å². The van der Waals surface area contributed by atoms with Gasteiger partial charge in [0.25, 0.3) is 0 Å². The van der Waals surface area contributed by atoms with Crippen molar-refractivity contribution in [1.29, 1.82) is 0 Å². The number of ether oxygens (including phenoxy) is 8. The number of hydrogen-bond acceptors (Lipinski definition) is 24. The summed E-state index contributed by atoms with van der Waals surface area (Å²) in [6.07, 6.45) is 31.4. The highest BCUT2D eigenvalue weighted by atomic mass is 16.6. The number of rotatable bonds is 62. The maximum atomic E-state index is 12.1. The summed E-state index contributed by atoms with van der Waals surface area (Å²) in [6.45, 7) is 57.3. The first-order chi connectivity index (χ1) is 61.8. The number of carbonyl (C=O) groups is 16. The predicted octanol–water partition coefficient (Wildman–Crippen LogP) is 14.9. The molecule has 0 saturated heterocycles. The fourth-order valence-electron chi connectivity index (χ4n) is 10.4. The van der Waals surface area contributed by atoms with Crippen LogP contribution in [-0.4, -0.2) is 295 Å². The predicted molar refractivity (Wildman–Crippen MR) is 517 cm³/mol. The van der Waals surface area contributed by atoms with Gasteiger partial charge in [-0.2, -0.15) is 0 Å². The van der Waals surface area contributed by atoms with Crippen LogP contribution in [0.25, 0.3) is 0 Å². The molecule has 0 aromatic carbocycles. The van der Waals surface area contributed by atoms with E-state index >= 15 is 0 Å². The van der Waals surface area contributed by atoms with Crippen LogP contribution in [0.2, 0.25) is 0 Å². The number of unbranched alkanes of at least 4 members (excludes halogenated alkanes) is 5. The first-order valence-electron chi connectivity index (χ1n) is 46.1. The Morgan fingerprint density at radius 2 is 0.504 bits per heavy atom. The highest BCUT2D eigenvalue weighted by molar-refractivity contribution is 5.90. The van der Waals surface area contributed by atoms with Crippen molar-refractivity contribution in [3.8, 4) is 0 Å². The lowest BCUT2D eigenvalue weighted by Crippen LogP contribution is -2.28. The number of esters is 8. The Hall–Kier alpha value is -10.6. The fraction of sp³-hybridized carbons (Fsp3) is 0.677. The highest BCUT2D eigenvalue weighted by Gasteiger charge is 2.24. The van der Waals surface area contributed by atoms with Crippen molar-refractivity contribution in [2.45, 2.75) is 288 Å². The molecule has 32 heteroatoms. The second-order valence-electron chi connectivity index (χ2n) is 31.5. The van der Waals surface area contributed by atoms with Crippen molar-refractivity contribution in [2.75, 3.05) is 142 Å². The van der Waals surface area contributed by atoms with Crippen molar-refractivity contribution in [3.63, 3.8) is 0 Å². The molecule has 2 atom stereocenters. The summed E-state index contributed by atoms with van der Waals surface area (Å²) in [5.74, 6) is -1.79. The first-order valence-corrected chi connectivity index (χ1v) is 46.1. The quantitative estimate of drug-likeness (QED) is 0.0236. The molecule has 8 amide bonds. The number of carbonyl (C=O) groups excluding carboxylic acids is 16. The van der Waals surface area contributed by atoms with Crippen LogP contribution < -0.4 is 0 Å². The number of amides is 8. The average Bonchev–Trinajstić information content (AvgIpc) is 0.905. The zero-order chi connectivity index (χ0) is 102. The molecule has 0 aliphatic rings. The molecule has 0 fully saturated rings. The maximum Gasteiger partial charge on any atom is 0.306 e. The summed E-state index contributed by atoms with van der Waals surface area (Å²) in [5, 5.41) is 0. The molecule has 0 bridgehead atoms. The third-order valence-corrected chi connectivity index (χ3v) is 18.3. The molecular weight excluding hydrogens is 1690 g/mol. The zero-order valence-corrected chi connectivity index (χ0v) is 84.5. The van der Waals surface area contributed by atoms with Crippen LogP contribution in [0.5, 0.6) is 0 Å². The Morgan fingerprint density at radius 1 is 0.260 bits per heavy atom. The first kappa shape index (κ1) is 136. The van der Waals surface area contributed by atoms with Gasteiger partial charge in [0, 0.05) is 160 Å².